The lowest BCUT2D eigenvalue weighted by molar-refractivity contribution is -0.121. The van der Waals surface area contributed by atoms with Crippen LogP contribution in [0, 0.1) is 5.41 Å². The molecular weight excluding hydrogens is 324 g/mol. The quantitative estimate of drug-likeness (QED) is 0.433. The number of halogens is 1. The number of amides is 1. The lowest BCUT2D eigenvalue weighted by atomic mass is 9.90. The van der Waals surface area contributed by atoms with Gasteiger partial charge in [-0.2, -0.15) is 0 Å². The predicted molar refractivity (Wildman–Crippen MR) is 98.5 cm³/mol. The van der Waals surface area contributed by atoms with Gasteiger partial charge in [0.2, 0.25) is 5.91 Å². The van der Waals surface area contributed by atoms with Gasteiger partial charge in [-0.05, 0) is 29.7 Å². The second kappa shape index (κ2) is 7.66. The zero-order valence-corrected chi connectivity index (χ0v) is 13.8. The maximum atomic E-state index is 12.5. The van der Waals surface area contributed by atoms with Crippen LogP contribution in [0.15, 0.2) is 60.8 Å². The van der Waals surface area contributed by atoms with E-state index >= 15 is 0 Å². The number of guanidine groups is 1. The van der Waals surface area contributed by atoms with Crippen molar-refractivity contribution in [3.05, 3.63) is 71.9 Å². The molecule has 3 rings (SSSR count). The fourth-order valence-corrected chi connectivity index (χ4v) is 2.82. The van der Waals surface area contributed by atoms with Gasteiger partial charge >= 0.3 is 0 Å². The monoisotopic (exact) mass is 342 g/mol. The number of H-pyrrole nitrogens is 1. The number of aromatic nitrogens is 1. The number of fused-ring (bicyclic) bond motifs is 1. The van der Waals surface area contributed by atoms with Crippen molar-refractivity contribution in [2.45, 2.75) is 12.3 Å². The van der Waals surface area contributed by atoms with Gasteiger partial charge in [-0.25, -0.2) is 0 Å². The van der Waals surface area contributed by atoms with Crippen LogP contribution in [-0.4, -0.2) is 16.9 Å². The molecular formula is C18H19ClN4O. The van der Waals surface area contributed by atoms with E-state index in [-0.39, 0.29) is 24.3 Å². The Labute approximate surface area is 146 Å². The van der Waals surface area contributed by atoms with Crippen molar-refractivity contribution in [2.24, 2.45) is 5.73 Å². The average Bonchev–Trinajstić information content (AvgIpc) is 3.02. The summed E-state index contributed by atoms with van der Waals surface area (Å²) in [6.07, 6.45) is 2.43. The van der Waals surface area contributed by atoms with E-state index in [1.807, 2.05) is 60.8 Å². The van der Waals surface area contributed by atoms with Crippen LogP contribution in [0.25, 0.3) is 10.9 Å². The third-order valence-corrected chi connectivity index (χ3v) is 3.89. The van der Waals surface area contributed by atoms with Crippen molar-refractivity contribution in [3.8, 4) is 0 Å². The fraction of sp³-hybridized carbons (Fsp3) is 0.111. The Balaban J connectivity index is 0.00000208. The Morgan fingerprint density at radius 1 is 1.12 bits per heavy atom. The molecule has 0 aliphatic carbocycles. The van der Waals surface area contributed by atoms with Gasteiger partial charge in [-0.3, -0.25) is 15.5 Å². The minimum atomic E-state index is -0.402. The van der Waals surface area contributed by atoms with Crippen molar-refractivity contribution in [1.29, 1.82) is 5.41 Å². The summed E-state index contributed by atoms with van der Waals surface area (Å²) in [5.74, 6) is -1.01. The first kappa shape index (κ1) is 17.6. The zero-order chi connectivity index (χ0) is 16.2. The number of nitrogens with one attached hydrogen (secondary N) is 3. The van der Waals surface area contributed by atoms with E-state index in [1.165, 1.54) is 0 Å². The normalized spacial score (nSPS) is 11.5. The second-order valence-corrected chi connectivity index (χ2v) is 5.43. The van der Waals surface area contributed by atoms with Gasteiger partial charge in [0.15, 0.2) is 5.96 Å². The molecule has 24 heavy (non-hydrogen) atoms. The van der Waals surface area contributed by atoms with Gasteiger partial charge in [0.05, 0.1) is 5.92 Å². The largest absolute Gasteiger partial charge is 0.370 e. The summed E-state index contributed by atoms with van der Waals surface area (Å²) in [5, 5.41) is 10.8. The standard InChI is InChI=1S/C18H18N4O.ClH/c19-18(20)22-17(23)15(12-5-2-1-3-6-12)11-13-7-4-8-16-14(13)9-10-21-16;/h1-10,15,21H,11H2,(H4,19,20,22,23);1H. The highest BCUT2D eigenvalue weighted by atomic mass is 35.5. The summed E-state index contributed by atoms with van der Waals surface area (Å²) in [7, 11) is 0. The van der Waals surface area contributed by atoms with Crippen molar-refractivity contribution in [2.75, 3.05) is 0 Å². The fourth-order valence-electron chi connectivity index (χ4n) is 2.82. The van der Waals surface area contributed by atoms with Crippen molar-refractivity contribution in [3.63, 3.8) is 0 Å². The number of benzene rings is 2. The van der Waals surface area contributed by atoms with Gasteiger partial charge in [-0.1, -0.05) is 42.5 Å². The number of carbonyl (C=O) groups excluding carboxylic acids is 1. The summed E-state index contributed by atoms with van der Waals surface area (Å²) < 4.78 is 0. The summed E-state index contributed by atoms with van der Waals surface area (Å²) in [6, 6.07) is 17.6. The lowest BCUT2D eigenvalue weighted by Crippen LogP contribution is -2.39. The molecule has 0 aliphatic heterocycles. The summed E-state index contributed by atoms with van der Waals surface area (Å²) in [5.41, 5.74) is 8.35. The van der Waals surface area contributed by atoms with Gasteiger partial charge in [-0.15, -0.1) is 12.4 Å². The molecule has 1 unspecified atom stereocenters. The summed E-state index contributed by atoms with van der Waals surface area (Å²) in [6.45, 7) is 0. The number of carbonyl (C=O) groups is 1. The van der Waals surface area contributed by atoms with Crippen molar-refractivity contribution < 1.29 is 4.79 Å². The smallest absolute Gasteiger partial charge is 0.234 e. The molecule has 2 aromatic carbocycles. The Morgan fingerprint density at radius 2 is 1.88 bits per heavy atom. The molecule has 5 nitrogen and oxygen atoms in total. The number of aromatic amines is 1. The molecule has 0 radical (unpaired) electrons. The highest BCUT2D eigenvalue weighted by Gasteiger charge is 2.22. The first-order chi connectivity index (χ1) is 11.1. The molecule has 1 aromatic heterocycles. The molecule has 1 atom stereocenters. The van der Waals surface area contributed by atoms with Gasteiger partial charge < -0.3 is 10.7 Å². The molecule has 1 amide bonds. The molecule has 0 spiro atoms. The Morgan fingerprint density at radius 3 is 2.58 bits per heavy atom. The van der Waals surface area contributed by atoms with E-state index in [0.717, 1.165) is 22.0 Å². The van der Waals surface area contributed by atoms with Crippen LogP contribution in [0.2, 0.25) is 0 Å². The minimum absolute atomic E-state index is 0. The SMILES string of the molecule is Cl.N=C(N)NC(=O)C(Cc1cccc2[nH]ccc12)c1ccccc1. The molecule has 3 aromatic rings. The van der Waals surface area contributed by atoms with E-state index in [9.17, 15) is 4.79 Å². The Hall–Kier alpha value is -2.79. The van der Waals surface area contributed by atoms with Crippen molar-refractivity contribution in [1.82, 2.24) is 10.3 Å². The minimum Gasteiger partial charge on any atom is -0.370 e. The van der Waals surface area contributed by atoms with Crippen LogP contribution >= 0.6 is 12.4 Å². The second-order valence-electron chi connectivity index (χ2n) is 5.43. The third kappa shape index (κ3) is 3.75. The van der Waals surface area contributed by atoms with Crippen LogP contribution in [0.1, 0.15) is 17.0 Å². The van der Waals surface area contributed by atoms with E-state index in [1.54, 1.807) is 0 Å². The molecule has 1 heterocycles. The average molecular weight is 343 g/mol. The Kier molecular flexibility index (Phi) is 5.60. The van der Waals surface area contributed by atoms with Crippen LogP contribution < -0.4 is 11.1 Å². The number of rotatable bonds is 4. The number of nitrogens with two attached hydrogens (primary N) is 1. The van der Waals surface area contributed by atoms with E-state index in [2.05, 4.69) is 10.3 Å². The molecule has 5 N–H and O–H groups in total. The maximum Gasteiger partial charge on any atom is 0.234 e. The molecule has 0 fully saturated rings. The first-order valence-electron chi connectivity index (χ1n) is 7.40. The molecule has 124 valence electrons. The van der Waals surface area contributed by atoms with Crippen LogP contribution in [-0.2, 0) is 11.2 Å². The molecule has 0 aliphatic rings. The van der Waals surface area contributed by atoms with Gasteiger partial charge in [0.1, 0.15) is 0 Å². The highest BCUT2D eigenvalue weighted by Crippen LogP contribution is 2.26. The lowest BCUT2D eigenvalue weighted by Gasteiger charge is -2.17. The van der Waals surface area contributed by atoms with Crippen molar-refractivity contribution >= 4 is 35.2 Å². The molecule has 0 bridgehead atoms. The summed E-state index contributed by atoms with van der Waals surface area (Å²) in [4.78, 5) is 15.7. The van der Waals surface area contributed by atoms with E-state index in [0.29, 0.717) is 6.42 Å². The molecule has 6 heteroatoms. The van der Waals surface area contributed by atoms with Crippen LogP contribution in [0.3, 0.4) is 0 Å². The third-order valence-electron chi connectivity index (χ3n) is 3.89. The molecule has 0 saturated heterocycles. The van der Waals surface area contributed by atoms with E-state index < -0.39 is 5.92 Å². The molecule has 0 saturated carbocycles. The number of hydrogen-bond acceptors (Lipinski definition) is 2. The maximum absolute atomic E-state index is 12.5. The highest BCUT2D eigenvalue weighted by molar-refractivity contribution is 5.98. The Bertz CT molecular complexity index is 844. The zero-order valence-electron chi connectivity index (χ0n) is 13.0. The van der Waals surface area contributed by atoms with Crippen LogP contribution in [0.4, 0.5) is 0 Å². The van der Waals surface area contributed by atoms with Crippen LogP contribution in [0.5, 0.6) is 0 Å². The number of hydrogen-bond donors (Lipinski definition) is 4. The first-order valence-corrected chi connectivity index (χ1v) is 7.40. The van der Waals surface area contributed by atoms with Gasteiger partial charge in [0.25, 0.3) is 0 Å². The predicted octanol–water partition coefficient (Wildman–Crippen LogP) is 2.93. The van der Waals surface area contributed by atoms with Gasteiger partial charge in [0, 0.05) is 17.1 Å². The summed E-state index contributed by atoms with van der Waals surface area (Å²) >= 11 is 0. The van der Waals surface area contributed by atoms with E-state index in [4.69, 9.17) is 11.1 Å². The topological polar surface area (TPSA) is 94.8 Å².